The molecule has 1 aliphatic heterocycles. The Morgan fingerprint density at radius 1 is 1.23 bits per heavy atom. The van der Waals surface area contributed by atoms with Crippen molar-refractivity contribution in [1.82, 2.24) is 35.2 Å². The number of carbonyl (C=O) groups excluding carboxylic acids is 2. The van der Waals surface area contributed by atoms with E-state index in [2.05, 4.69) is 25.6 Å². The van der Waals surface area contributed by atoms with Crippen LogP contribution in [0.25, 0.3) is 0 Å². The average molecular weight is 408 g/mol. The molecule has 0 atom stereocenters. The molecule has 0 radical (unpaired) electrons. The van der Waals surface area contributed by atoms with Crippen LogP contribution >= 0.6 is 0 Å². The smallest absolute Gasteiger partial charge is 0.272 e. The van der Waals surface area contributed by atoms with Crippen LogP contribution in [0.2, 0.25) is 0 Å². The van der Waals surface area contributed by atoms with Crippen molar-refractivity contribution in [2.75, 3.05) is 18.8 Å². The van der Waals surface area contributed by atoms with E-state index >= 15 is 0 Å². The molecule has 0 unspecified atom stereocenters. The van der Waals surface area contributed by atoms with Crippen LogP contribution in [0, 0.1) is 5.41 Å². The molecule has 2 aromatic heterocycles. The number of H-pyrrole nitrogens is 1. The van der Waals surface area contributed by atoms with Crippen LogP contribution in [0.3, 0.4) is 0 Å². The van der Waals surface area contributed by atoms with E-state index in [4.69, 9.17) is 5.73 Å². The van der Waals surface area contributed by atoms with E-state index in [0.29, 0.717) is 37.6 Å². The Hall–Kier alpha value is -3.69. The minimum Gasteiger partial charge on any atom is -0.367 e. The molecule has 10 heteroatoms. The minimum absolute atomic E-state index is 0.117. The van der Waals surface area contributed by atoms with Gasteiger partial charge < -0.3 is 16.0 Å². The van der Waals surface area contributed by atoms with Crippen molar-refractivity contribution in [2.24, 2.45) is 5.41 Å². The molecule has 10 nitrogen and oxygen atoms in total. The number of hydrogen-bond acceptors (Lipinski definition) is 6. The summed E-state index contributed by atoms with van der Waals surface area (Å²) in [6, 6.07) is 11.5. The van der Waals surface area contributed by atoms with E-state index < -0.39 is 5.41 Å². The number of aromatic amines is 1. The SMILES string of the molecule is CCn1nccc1C(=O)N1CC(Cc2ccccc2)(C(=O)NCc2nc(N)n[nH]2)C1. The van der Waals surface area contributed by atoms with Crippen molar-refractivity contribution in [3.63, 3.8) is 0 Å². The van der Waals surface area contributed by atoms with Crippen molar-refractivity contribution in [3.8, 4) is 0 Å². The quantitative estimate of drug-likeness (QED) is 0.524. The van der Waals surface area contributed by atoms with E-state index in [1.807, 2.05) is 37.3 Å². The zero-order chi connectivity index (χ0) is 21.1. The Morgan fingerprint density at radius 2 is 2.00 bits per heavy atom. The number of benzene rings is 1. The molecular formula is C20H24N8O2. The molecule has 1 aromatic carbocycles. The van der Waals surface area contributed by atoms with Crippen molar-refractivity contribution < 1.29 is 9.59 Å². The number of nitrogens with one attached hydrogen (secondary N) is 2. The summed E-state index contributed by atoms with van der Waals surface area (Å²) in [6.07, 6.45) is 2.15. The van der Waals surface area contributed by atoms with Gasteiger partial charge in [-0.3, -0.25) is 19.4 Å². The standard InChI is InChI=1S/C20H24N8O2/c1-2-28-15(8-9-23-28)17(29)27-12-20(13-27,10-14-6-4-3-5-7-14)18(30)22-11-16-24-19(21)26-25-16/h3-9H,2,10-13H2,1H3,(H,22,30)(H3,21,24,25,26). The molecule has 4 N–H and O–H groups in total. The van der Waals surface area contributed by atoms with Crippen LogP contribution in [0.1, 0.15) is 28.8 Å². The van der Waals surface area contributed by atoms with Gasteiger partial charge in [-0.25, -0.2) is 0 Å². The van der Waals surface area contributed by atoms with Gasteiger partial charge in [0.2, 0.25) is 11.9 Å². The van der Waals surface area contributed by atoms with Gasteiger partial charge in [0.1, 0.15) is 11.5 Å². The Labute approximate surface area is 173 Å². The summed E-state index contributed by atoms with van der Waals surface area (Å²) >= 11 is 0. The Kier molecular flexibility index (Phi) is 5.21. The number of nitrogen functional groups attached to an aromatic ring is 1. The van der Waals surface area contributed by atoms with Gasteiger partial charge in [0.05, 0.1) is 12.0 Å². The first-order valence-electron chi connectivity index (χ1n) is 9.81. The van der Waals surface area contributed by atoms with Gasteiger partial charge in [0.25, 0.3) is 5.91 Å². The van der Waals surface area contributed by atoms with Crippen LogP contribution < -0.4 is 11.1 Å². The lowest BCUT2D eigenvalue weighted by atomic mass is 9.73. The zero-order valence-electron chi connectivity index (χ0n) is 16.7. The first-order chi connectivity index (χ1) is 14.5. The van der Waals surface area contributed by atoms with Crippen molar-refractivity contribution >= 4 is 17.8 Å². The molecule has 3 heterocycles. The number of anilines is 1. The van der Waals surface area contributed by atoms with Crippen LogP contribution in [0.4, 0.5) is 5.95 Å². The Bertz CT molecular complexity index is 1040. The third kappa shape index (κ3) is 3.76. The molecule has 0 bridgehead atoms. The summed E-state index contributed by atoms with van der Waals surface area (Å²) in [7, 11) is 0. The molecule has 1 fully saturated rings. The minimum atomic E-state index is -0.709. The average Bonchev–Trinajstić information content (AvgIpc) is 3.37. The highest BCUT2D eigenvalue weighted by atomic mass is 16.2. The van der Waals surface area contributed by atoms with Gasteiger partial charge in [-0.1, -0.05) is 30.3 Å². The molecule has 4 rings (SSSR count). The number of amides is 2. The molecule has 3 aromatic rings. The molecule has 2 amide bonds. The summed E-state index contributed by atoms with van der Waals surface area (Å²) in [5.74, 6) is 0.365. The fraction of sp³-hybridized carbons (Fsp3) is 0.350. The highest BCUT2D eigenvalue weighted by molar-refractivity contribution is 5.95. The maximum atomic E-state index is 13.1. The molecule has 30 heavy (non-hydrogen) atoms. The van der Waals surface area contributed by atoms with E-state index in [-0.39, 0.29) is 24.3 Å². The summed E-state index contributed by atoms with van der Waals surface area (Å²) in [6.45, 7) is 3.40. The fourth-order valence-corrected chi connectivity index (χ4v) is 3.82. The van der Waals surface area contributed by atoms with Gasteiger partial charge >= 0.3 is 0 Å². The van der Waals surface area contributed by atoms with Gasteiger partial charge in [0.15, 0.2) is 0 Å². The lowest BCUT2D eigenvalue weighted by molar-refractivity contribution is -0.139. The van der Waals surface area contributed by atoms with Crippen LogP contribution in [-0.4, -0.2) is 54.8 Å². The first-order valence-corrected chi connectivity index (χ1v) is 9.81. The zero-order valence-corrected chi connectivity index (χ0v) is 16.7. The Balaban J connectivity index is 1.49. The number of aryl methyl sites for hydroxylation is 1. The summed E-state index contributed by atoms with van der Waals surface area (Å²) < 4.78 is 1.66. The lowest BCUT2D eigenvalue weighted by Crippen LogP contribution is -2.65. The van der Waals surface area contributed by atoms with Crippen LogP contribution in [0.5, 0.6) is 0 Å². The number of nitrogens with zero attached hydrogens (tertiary/aromatic N) is 5. The Morgan fingerprint density at radius 3 is 2.67 bits per heavy atom. The number of aromatic nitrogens is 5. The van der Waals surface area contributed by atoms with Crippen LogP contribution in [0.15, 0.2) is 42.6 Å². The highest BCUT2D eigenvalue weighted by Crippen LogP contribution is 2.35. The first kappa shape index (κ1) is 19.6. The van der Waals surface area contributed by atoms with E-state index in [1.54, 1.807) is 21.8 Å². The predicted molar refractivity (Wildman–Crippen MR) is 109 cm³/mol. The second-order valence-electron chi connectivity index (χ2n) is 7.46. The van der Waals surface area contributed by atoms with Gasteiger partial charge in [-0.15, -0.1) is 5.10 Å². The fourth-order valence-electron chi connectivity index (χ4n) is 3.82. The molecule has 1 saturated heterocycles. The highest BCUT2D eigenvalue weighted by Gasteiger charge is 2.51. The van der Waals surface area contributed by atoms with E-state index in [1.165, 1.54) is 0 Å². The molecule has 0 aliphatic carbocycles. The van der Waals surface area contributed by atoms with E-state index in [9.17, 15) is 9.59 Å². The number of nitrogens with two attached hydrogens (primary N) is 1. The van der Waals surface area contributed by atoms with Gasteiger partial charge in [-0.2, -0.15) is 10.1 Å². The summed E-state index contributed by atoms with van der Waals surface area (Å²) in [5.41, 5.74) is 6.38. The molecule has 0 spiro atoms. The number of rotatable bonds is 7. The predicted octanol–water partition coefficient (Wildman–Crippen LogP) is 0.605. The number of carbonyl (C=O) groups is 2. The number of hydrogen-bond donors (Lipinski definition) is 3. The topological polar surface area (TPSA) is 135 Å². The summed E-state index contributed by atoms with van der Waals surface area (Å²) in [4.78, 5) is 31.8. The lowest BCUT2D eigenvalue weighted by Gasteiger charge is -2.48. The van der Waals surface area contributed by atoms with Crippen molar-refractivity contribution in [3.05, 3.63) is 59.7 Å². The van der Waals surface area contributed by atoms with Gasteiger partial charge in [0, 0.05) is 25.8 Å². The molecular weight excluding hydrogens is 384 g/mol. The second-order valence-corrected chi connectivity index (χ2v) is 7.46. The van der Waals surface area contributed by atoms with Crippen molar-refractivity contribution in [1.29, 1.82) is 0 Å². The third-order valence-electron chi connectivity index (χ3n) is 5.34. The third-order valence-corrected chi connectivity index (χ3v) is 5.34. The summed E-state index contributed by atoms with van der Waals surface area (Å²) in [5, 5.41) is 13.5. The largest absolute Gasteiger partial charge is 0.367 e. The van der Waals surface area contributed by atoms with Crippen LogP contribution in [-0.2, 0) is 24.3 Å². The van der Waals surface area contributed by atoms with Gasteiger partial charge in [-0.05, 0) is 25.0 Å². The van der Waals surface area contributed by atoms with Crippen molar-refractivity contribution in [2.45, 2.75) is 26.4 Å². The maximum absolute atomic E-state index is 13.1. The van der Waals surface area contributed by atoms with E-state index in [0.717, 1.165) is 5.56 Å². The monoisotopic (exact) mass is 408 g/mol. The normalized spacial score (nSPS) is 14.9. The molecule has 1 aliphatic rings. The molecule has 156 valence electrons. The molecule has 0 saturated carbocycles. The second kappa shape index (κ2) is 7.97. The maximum Gasteiger partial charge on any atom is 0.272 e. The number of likely N-dealkylation sites (tertiary alicyclic amines) is 1.